The molecule has 0 aliphatic rings. The molecule has 2 heterocycles. The number of hydrogen-bond donors (Lipinski definition) is 1. The van der Waals surface area contributed by atoms with E-state index >= 15 is 0 Å². The number of aryl methyl sites for hydroxylation is 1. The maximum atomic E-state index is 12.5. The van der Waals surface area contributed by atoms with Crippen molar-refractivity contribution < 1.29 is 49.4 Å². The molecule has 468 valence electrons. The lowest BCUT2D eigenvalue weighted by molar-refractivity contribution is 0.0949. The number of nitrogens with zero attached hydrogens (tertiary/aromatic N) is 6. The summed E-state index contributed by atoms with van der Waals surface area (Å²) in [7, 11) is 5.98. The minimum Gasteiger partial charge on any atom is -0.489 e. The predicted molar refractivity (Wildman–Crippen MR) is 347 cm³/mol. The number of alkyl halides is 13. The van der Waals surface area contributed by atoms with Crippen LogP contribution in [0.15, 0.2) is 97.1 Å². The number of amides is 1. The van der Waals surface area contributed by atoms with Crippen LogP contribution in [0.4, 0.5) is 0 Å². The minimum absolute atomic E-state index is 0.111. The molecule has 18 nitrogen and oxygen atoms in total. The van der Waals surface area contributed by atoms with Gasteiger partial charge in [0, 0.05) is 110 Å². The third kappa shape index (κ3) is 22.8. The van der Waals surface area contributed by atoms with Crippen LogP contribution in [0, 0.1) is 0 Å². The van der Waals surface area contributed by atoms with Gasteiger partial charge in [0.05, 0.1) is 0 Å². The van der Waals surface area contributed by atoms with Crippen LogP contribution in [0.3, 0.4) is 0 Å². The molecule has 0 saturated carbocycles. The van der Waals surface area contributed by atoms with Crippen molar-refractivity contribution in [2.45, 2.75) is 47.6 Å². The van der Waals surface area contributed by atoms with Gasteiger partial charge < -0.3 is 49.9 Å². The lowest BCUT2D eigenvalue weighted by Gasteiger charge is -2.24. The maximum absolute atomic E-state index is 12.5. The number of ether oxygens (including phenoxy) is 1. The molecule has 0 aliphatic heterocycles. The van der Waals surface area contributed by atoms with Gasteiger partial charge in [0.2, 0.25) is 15.2 Å². The first kappa shape index (κ1) is 77.5. The summed E-state index contributed by atoms with van der Waals surface area (Å²) in [6.45, 7) is 2.88. The number of benzene rings is 4. The van der Waals surface area contributed by atoms with E-state index in [0.29, 0.717) is 48.1 Å². The van der Waals surface area contributed by atoms with E-state index in [0.717, 1.165) is 22.4 Å². The monoisotopic (exact) mass is 1480 g/mol. The zero-order chi connectivity index (χ0) is 64.0. The normalized spacial score (nSPS) is 12.2. The van der Waals surface area contributed by atoms with Crippen molar-refractivity contribution >= 4 is 194 Å². The van der Waals surface area contributed by atoms with Crippen molar-refractivity contribution in [2.24, 2.45) is 0 Å². The number of rotatable bonds is 22. The van der Waals surface area contributed by atoms with Crippen LogP contribution in [-0.4, -0.2) is 139 Å². The van der Waals surface area contributed by atoms with Crippen LogP contribution in [-0.2, 0) is 68.0 Å². The summed E-state index contributed by atoms with van der Waals surface area (Å²) in [5, 5.41) is 4.67. The quantitative estimate of drug-likeness (QED) is 0.0382. The second-order valence-corrected chi connectivity index (χ2v) is 34.8. The van der Waals surface area contributed by atoms with Crippen LogP contribution in [0.25, 0.3) is 22.8 Å². The van der Waals surface area contributed by atoms with E-state index in [9.17, 15) is 4.79 Å². The summed E-state index contributed by atoms with van der Waals surface area (Å²) in [4.78, 5) is 37.0. The van der Waals surface area contributed by atoms with E-state index in [4.69, 9.17) is 184 Å². The predicted octanol–water partition coefficient (Wildman–Crippen LogP) is 13.2. The number of halogens is 13. The van der Waals surface area contributed by atoms with Crippen LogP contribution < -0.4 is 20.4 Å². The Morgan fingerprint density at radius 1 is 0.447 bits per heavy atom. The van der Waals surface area contributed by atoms with Crippen LogP contribution in [0.1, 0.15) is 58.1 Å². The zero-order valence-corrected chi connectivity index (χ0v) is 60.2. The molecule has 85 heavy (non-hydrogen) atoms. The average molecular weight is 1490 g/mol. The SMILES string of the molecule is CCc1ccc([Si](OC)(OC)OC)cc1.CCl.CO[Si](CCCNC(=O)c1ccc(-c2nc(C(Cl)(Cl)Cl)nc(C(Cl)(Cl)Cl)n2)cc1)(OC)OC.CO[Si](OC)(OC)c1ccc(COc2ccc(-c3nc(C(Cl)(Cl)Cl)nc(C(Cl)(Cl)Cl)n3)cc2)cc1. The highest BCUT2D eigenvalue weighted by Crippen LogP contribution is 2.42. The number of carbonyl (C=O) groups excluding carboxylic acids is 1. The molecule has 0 atom stereocenters. The van der Waals surface area contributed by atoms with Gasteiger partial charge in [-0.15, -0.1) is 11.6 Å². The summed E-state index contributed by atoms with van der Waals surface area (Å²) < 4.78 is 46.8. The van der Waals surface area contributed by atoms with Crippen LogP contribution in [0.2, 0.25) is 6.04 Å². The Labute approximate surface area is 563 Å². The van der Waals surface area contributed by atoms with Crippen LogP contribution in [0.5, 0.6) is 5.75 Å². The molecular formula is C51H60Cl13N7O11Si3. The van der Waals surface area contributed by atoms with Crippen molar-refractivity contribution in [1.29, 1.82) is 0 Å². The molecule has 0 saturated heterocycles. The van der Waals surface area contributed by atoms with Crippen molar-refractivity contribution in [1.82, 2.24) is 35.2 Å². The smallest absolute Gasteiger partial charge is 0.489 e. The molecule has 1 N–H and O–H groups in total. The summed E-state index contributed by atoms with van der Waals surface area (Å²) in [6.07, 6.45) is 3.12. The molecule has 4 aromatic carbocycles. The van der Waals surface area contributed by atoms with Gasteiger partial charge in [0.1, 0.15) is 12.4 Å². The van der Waals surface area contributed by atoms with Gasteiger partial charge in [0.25, 0.3) is 5.91 Å². The van der Waals surface area contributed by atoms with Gasteiger partial charge in [-0.2, -0.15) is 0 Å². The fourth-order valence-electron chi connectivity index (χ4n) is 7.28. The first-order valence-electron chi connectivity index (χ1n) is 24.4. The Morgan fingerprint density at radius 3 is 1.08 bits per heavy atom. The number of hydrogen-bond acceptors (Lipinski definition) is 17. The molecule has 6 rings (SSSR count). The van der Waals surface area contributed by atoms with Crippen molar-refractivity contribution in [3.8, 4) is 28.5 Å². The van der Waals surface area contributed by atoms with Gasteiger partial charge in [-0.25, -0.2) is 29.9 Å². The highest BCUT2D eigenvalue weighted by Gasteiger charge is 2.42. The maximum Gasteiger partial charge on any atom is 0.536 e. The summed E-state index contributed by atoms with van der Waals surface area (Å²) in [6, 6.07) is 29.8. The fraction of sp³-hybridized carbons (Fsp3) is 0.392. The summed E-state index contributed by atoms with van der Waals surface area (Å²) >= 11 is 75.6. The van der Waals surface area contributed by atoms with Gasteiger partial charge in [-0.1, -0.05) is 207 Å². The molecule has 0 aliphatic carbocycles. The lowest BCUT2D eigenvalue weighted by atomic mass is 10.1. The molecule has 6 aromatic rings. The van der Waals surface area contributed by atoms with Crippen LogP contribution >= 0.6 is 151 Å². The minimum atomic E-state index is -2.88. The van der Waals surface area contributed by atoms with E-state index in [2.05, 4.69) is 65.9 Å². The second kappa shape index (κ2) is 35.7. The van der Waals surface area contributed by atoms with E-state index in [-0.39, 0.29) is 40.9 Å². The largest absolute Gasteiger partial charge is 0.536 e. The first-order valence-corrected chi connectivity index (χ1v) is 35.1. The standard InChI is InChI=1S/C21H19Cl6N3O4Si.C18H20Cl6N4O4Si.C11H18O3Si.CH3Cl/c1-31-35(32-2,33-3)16-10-4-13(5-11-16)12-34-15-8-6-14(7-9-15)17-28-18(20(22,23)24)30-19(29-17)21(25,26)27;1-30-33(31-2,32-3)10-4-9-25-14(29)12-7-5-11(6-8-12)13-26-15(17(19,20)21)28-16(27-13)18(22,23)24;1-5-10-6-8-11(9-7-10)15(12-2,13-3)14-4;1-2/h4-11H,12H2,1-3H3;5-8H,4,9-10H2,1-3H3,(H,25,29);6-9H,5H2,1-4H3;1H3. The van der Waals surface area contributed by atoms with Gasteiger partial charge >= 0.3 is 26.4 Å². The van der Waals surface area contributed by atoms with Crippen molar-refractivity contribution in [2.75, 3.05) is 76.9 Å². The molecule has 2 aromatic heterocycles. The molecule has 0 unspecified atom stereocenters. The molecule has 0 fully saturated rings. The Kier molecular flexibility index (Phi) is 32.6. The zero-order valence-electron chi connectivity index (χ0n) is 47.4. The third-order valence-corrected chi connectivity index (χ3v) is 21.9. The highest BCUT2D eigenvalue weighted by molar-refractivity contribution is 6.76. The Balaban J connectivity index is 0.000000352. The fourth-order valence-corrected chi connectivity index (χ4v) is 13.6. The summed E-state index contributed by atoms with van der Waals surface area (Å²) in [5.41, 5.74) is 3.74. The third-order valence-electron chi connectivity index (χ3n) is 11.7. The van der Waals surface area contributed by atoms with Gasteiger partial charge in [-0.3, -0.25) is 4.79 Å². The molecular weight excluding hydrogens is 1430 g/mol. The number of aromatic nitrogens is 6. The first-order chi connectivity index (χ1) is 40.0. The molecule has 34 heteroatoms. The van der Waals surface area contributed by atoms with Gasteiger partial charge in [0.15, 0.2) is 34.9 Å². The Bertz CT molecular complexity index is 2890. The Hall–Kier alpha value is -1.77. The van der Waals surface area contributed by atoms with E-state index in [1.54, 1.807) is 113 Å². The van der Waals surface area contributed by atoms with E-state index in [1.165, 1.54) is 11.9 Å². The highest BCUT2D eigenvalue weighted by atomic mass is 35.6. The van der Waals surface area contributed by atoms with Crippen molar-refractivity contribution in [3.05, 3.63) is 137 Å². The number of carbonyl (C=O) groups is 1. The average Bonchev–Trinajstić information content (AvgIpc) is 2.39. The Morgan fingerprint density at radius 2 is 0.776 bits per heavy atom. The van der Waals surface area contributed by atoms with E-state index < -0.39 is 41.6 Å². The summed E-state index contributed by atoms with van der Waals surface area (Å²) in [5.74, 6) is -0.108. The van der Waals surface area contributed by atoms with E-state index in [1.807, 2.05) is 36.4 Å². The topological polar surface area (TPSA) is 199 Å². The molecule has 1 amide bonds. The molecule has 0 radical (unpaired) electrons. The van der Waals surface area contributed by atoms with Crippen molar-refractivity contribution in [3.63, 3.8) is 0 Å². The lowest BCUT2D eigenvalue weighted by Crippen LogP contribution is -2.54. The molecule has 0 bridgehead atoms. The van der Waals surface area contributed by atoms with Gasteiger partial charge in [-0.05, 0) is 60.4 Å². The second-order valence-electron chi connectivity index (χ2n) is 16.7. The molecule has 0 spiro atoms. The number of nitrogens with one attached hydrogen (secondary N) is 1.